The number of nitrogens with one attached hydrogen (secondary N) is 1. The lowest BCUT2D eigenvalue weighted by Crippen LogP contribution is -2.42. The summed E-state index contributed by atoms with van der Waals surface area (Å²) in [6, 6.07) is 2.74. The van der Waals surface area contributed by atoms with Crippen LogP contribution < -0.4 is 5.32 Å². The second-order valence-corrected chi connectivity index (χ2v) is 6.37. The van der Waals surface area contributed by atoms with Crippen LogP contribution in [0.3, 0.4) is 0 Å². The zero-order valence-corrected chi connectivity index (χ0v) is 13.0. The molecule has 1 aromatic heterocycles. The van der Waals surface area contributed by atoms with Gasteiger partial charge in [-0.2, -0.15) is 5.10 Å². The summed E-state index contributed by atoms with van der Waals surface area (Å²) in [6.45, 7) is 3.10. The number of nitrogens with zero attached hydrogens (tertiary/aromatic N) is 2. The minimum atomic E-state index is -0.147. The van der Waals surface area contributed by atoms with E-state index in [2.05, 4.69) is 22.3 Å². The Kier molecular flexibility index (Phi) is 4.93. The molecule has 1 aliphatic carbocycles. The van der Waals surface area contributed by atoms with Crippen LogP contribution in [0.1, 0.15) is 50.3 Å². The van der Waals surface area contributed by atoms with Crippen molar-refractivity contribution in [3.63, 3.8) is 0 Å². The van der Waals surface area contributed by atoms with E-state index in [1.165, 1.54) is 32.1 Å². The van der Waals surface area contributed by atoms with Crippen molar-refractivity contribution in [1.82, 2.24) is 15.1 Å². The van der Waals surface area contributed by atoms with E-state index in [4.69, 9.17) is 14.6 Å². The SMILES string of the molecule is COC1(CNCc2ccn(C3CCCCC3)n2)CCOC1. The highest BCUT2D eigenvalue weighted by molar-refractivity contribution is 5.00. The Labute approximate surface area is 127 Å². The minimum absolute atomic E-state index is 0.147. The Bertz CT molecular complexity index is 434. The molecule has 0 amide bonds. The summed E-state index contributed by atoms with van der Waals surface area (Å²) in [5.74, 6) is 0. The van der Waals surface area contributed by atoms with Gasteiger partial charge < -0.3 is 14.8 Å². The first-order valence-electron chi connectivity index (χ1n) is 8.19. The van der Waals surface area contributed by atoms with Crippen molar-refractivity contribution >= 4 is 0 Å². The van der Waals surface area contributed by atoms with E-state index in [-0.39, 0.29) is 5.60 Å². The van der Waals surface area contributed by atoms with Crippen LogP contribution in [-0.2, 0) is 16.0 Å². The molecule has 1 saturated carbocycles. The van der Waals surface area contributed by atoms with Crippen LogP contribution in [0.4, 0.5) is 0 Å². The molecule has 1 aromatic rings. The van der Waals surface area contributed by atoms with Crippen LogP contribution >= 0.6 is 0 Å². The van der Waals surface area contributed by atoms with Crippen LogP contribution in [-0.4, -0.2) is 42.2 Å². The second kappa shape index (κ2) is 6.90. The third-order valence-corrected chi connectivity index (χ3v) is 4.87. The van der Waals surface area contributed by atoms with E-state index in [1.54, 1.807) is 7.11 Å². The van der Waals surface area contributed by atoms with E-state index < -0.39 is 0 Å². The number of hydrogen-bond donors (Lipinski definition) is 1. The lowest BCUT2D eigenvalue weighted by molar-refractivity contribution is -0.0159. The lowest BCUT2D eigenvalue weighted by Gasteiger charge is -2.25. The first kappa shape index (κ1) is 15.0. The average Bonchev–Trinajstić information content (AvgIpc) is 3.18. The van der Waals surface area contributed by atoms with Gasteiger partial charge in [-0.05, 0) is 18.9 Å². The van der Waals surface area contributed by atoms with Gasteiger partial charge in [0.15, 0.2) is 0 Å². The van der Waals surface area contributed by atoms with Crippen LogP contribution in [0, 0.1) is 0 Å². The van der Waals surface area contributed by atoms with Gasteiger partial charge >= 0.3 is 0 Å². The Balaban J connectivity index is 1.48. The second-order valence-electron chi connectivity index (χ2n) is 6.37. The van der Waals surface area contributed by atoms with Gasteiger partial charge in [-0.25, -0.2) is 0 Å². The summed E-state index contributed by atoms with van der Waals surface area (Å²) in [7, 11) is 1.77. The third-order valence-electron chi connectivity index (χ3n) is 4.87. The summed E-state index contributed by atoms with van der Waals surface area (Å²) in [5.41, 5.74) is 0.970. The minimum Gasteiger partial charge on any atom is -0.378 e. The first-order chi connectivity index (χ1) is 10.3. The van der Waals surface area contributed by atoms with Gasteiger partial charge in [0.25, 0.3) is 0 Å². The number of rotatable bonds is 6. The number of hydrogen-bond acceptors (Lipinski definition) is 4. The van der Waals surface area contributed by atoms with Crippen LogP contribution in [0.5, 0.6) is 0 Å². The van der Waals surface area contributed by atoms with Gasteiger partial charge in [-0.1, -0.05) is 19.3 Å². The number of methoxy groups -OCH3 is 1. The average molecular weight is 293 g/mol. The van der Waals surface area contributed by atoms with Gasteiger partial charge in [0.1, 0.15) is 5.60 Å². The maximum Gasteiger partial charge on any atom is 0.106 e. The molecular formula is C16H27N3O2. The van der Waals surface area contributed by atoms with Crippen molar-refractivity contribution in [3.8, 4) is 0 Å². The molecule has 1 N–H and O–H groups in total. The monoisotopic (exact) mass is 293 g/mol. The highest BCUT2D eigenvalue weighted by Crippen LogP contribution is 2.27. The van der Waals surface area contributed by atoms with E-state index >= 15 is 0 Å². The Morgan fingerprint density at radius 3 is 3.00 bits per heavy atom. The zero-order valence-electron chi connectivity index (χ0n) is 13.0. The number of aromatic nitrogens is 2. The van der Waals surface area contributed by atoms with Crippen LogP contribution in [0.2, 0.25) is 0 Å². The molecule has 0 aromatic carbocycles. The summed E-state index contributed by atoms with van der Waals surface area (Å²) in [5, 5.41) is 8.20. The van der Waals surface area contributed by atoms with Crippen molar-refractivity contribution in [1.29, 1.82) is 0 Å². The summed E-state index contributed by atoms with van der Waals surface area (Å²) in [6.07, 6.45) is 9.72. The van der Waals surface area contributed by atoms with Crippen molar-refractivity contribution in [2.75, 3.05) is 26.9 Å². The van der Waals surface area contributed by atoms with Gasteiger partial charge in [0.2, 0.25) is 0 Å². The van der Waals surface area contributed by atoms with E-state index in [0.29, 0.717) is 12.6 Å². The molecular weight excluding hydrogens is 266 g/mol. The molecule has 3 rings (SSSR count). The smallest absolute Gasteiger partial charge is 0.106 e. The maximum absolute atomic E-state index is 5.62. The molecule has 5 nitrogen and oxygen atoms in total. The van der Waals surface area contributed by atoms with E-state index in [1.807, 2.05) is 0 Å². The standard InChI is InChI=1S/C16H27N3O2/c1-20-16(8-10-21-13-16)12-17-11-14-7-9-19(18-14)15-5-3-2-4-6-15/h7,9,15,17H,2-6,8,10-13H2,1H3. The van der Waals surface area contributed by atoms with Crippen molar-refractivity contribution in [3.05, 3.63) is 18.0 Å². The Morgan fingerprint density at radius 2 is 2.29 bits per heavy atom. The van der Waals surface area contributed by atoms with Gasteiger partial charge in [-0.3, -0.25) is 4.68 Å². The normalized spacial score (nSPS) is 27.3. The molecule has 1 aliphatic heterocycles. The fourth-order valence-corrected chi connectivity index (χ4v) is 3.40. The Hall–Kier alpha value is -0.910. The third kappa shape index (κ3) is 3.65. The lowest BCUT2D eigenvalue weighted by atomic mass is 9.96. The largest absolute Gasteiger partial charge is 0.378 e. The molecule has 2 fully saturated rings. The van der Waals surface area contributed by atoms with Crippen molar-refractivity contribution in [2.24, 2.45) is 0 Å². The summed E-state index contributed by atoms with van der Waals surface area (Å²) < 4.78 is 13.2. The molecule has 5 heteroatoms. The highest BCUT2D eigenvalue weighted by Gasteiger charge is 2.34. The molecule has 1 atom stereocenters. The molecule has 118 valence electrons. The quantitative estimate of drug-likeness (QED) is 0.874. The Morgan fingerprint density at radius 1 is 1.43 bits per heavy atom. The van der Waals surface area contributed by atoms with E-state index in [0.717, 1.165) is 31.8 Å². The molecule has 2 aliphatic rings. The summed E-state index contributed by atoms with van der Waals surface area (Å²) in [4.78, 5) is 0. The summed E-state index contributed by atoms with van der Waals surface area (Å²) >= 11 is 0. The van der Waals surface area contributed by atoms with Crippen molar-refractivity contribution < 1.29 is 9.47 Å². The fraction of sp³-hybridized carbons (Fsp3) is 0.812. The van der Waals surface area contributed by atoms with Gasteiger partial charge in [-0.15, -0.1) is 0 Å². The molecule has 2 heterocycles. The van der Waals surface area contributed by atoms with Gasteiger partial charge in [0, 0.05) is 39.4 Å². The highest BCUT2D eigenvalue weighted by atomic mass is 16.5. The van der Waals surface area contributed by atoms with E-state index in [9.17, 15) is 0 Å². The fourth-order valence-electron chi connectivity index (χ4n) is 3.40. The maximum atomic E-state index is 5.62. The zero-order chi connectivity index (χ0) is 14.5. The predicted molar refractivity (Wildman–Crippen MR) is 81.2 cm³/mol. The van der Waals surface area contributed by atoms with Crippen LogP contribution in [0.15, 0.2) is 12.3 Å². The molecule has 1 unspecified atom stereocenters. The van der Waals surface area contributed by atoms with Crippen molar-refractivity contribution in [2.45, 2.75) is 56.7 Å². The predicted octanol–water partition coefficient (Wildman–Crippen LogP) is 2.28. The topological polar surface area (TPSA) is 48.3 Å². The molecule has 1 saturated heterocycles. The molecule has 0 spiro atoms. The molecule has 21 heavy (non-hydrogen) atoms. The first-order valence-corrected chi connectivity index (χ1v) is 8.19. The molecule has 0 radical (unpaired) electrons. The van der Waals surface area contributed by atoms with Crippen LogP contribution in [0.25, 0.3) is 0 Å². The number of ether oxygens (including phenoxy) is 2. The van der Waals surface area contributed by atoms with Gasteiger partial charge in [0.05, 0.1) is 18.3 Å². The molecule has 0 bridgehead atoms.